The molecule has 0 atom stereocenters. The van der Waals surface area contributed by atoms with Crippen molar-refractivity contribution in [2.75, 3.05) is 13.2 Å². The van der Waals surface area contributed by atoms with Crippen LogP contribution in [0.15, 0.2) is 61.2 Å². The highest BCUT2D eigenvalue weighted by Gasteiger charge is 2.13. The Morgan fingerprint density at radius 2 is 1.88 bits per heavy atom. The SMILES string of the molecule is c1cncc(-c2cnc3[nH]cc(Cc4ccc5c(c4)OCCO5)c3c2)c1. The number of hydrogen-bond donors (Lipinski definition) is 1. The van der Waals surface area contributed by atoms with Crippen molar-refractivity contribution in [2.24, 2.45) is 0 Å². The monoisotopic (exact) mass is 343 g/mol. The molecule has 0 amide bonds. The molecule has 4 aromatic rings. The Labute approximate surface area is 150 Å². The number of aromatic amines is 1. The minimum Gasteiger partial charge on any atom is -0.486 e. The summed E-state index contributed by atoms with van der Waals surface area (Å²) in [5.74, 6) is 1.64. The van der Waals surface area contributed by atoms with Gasteiger partial charge in [-0.05, 0) is 41.8 Å². The highest BCUT2D eigenvalue weighted by atomic mass is 16.6. The highest BCUT2D eigenvalue weighted by molar-refractivity contribution is 5.84. The van der Waals surface area contributed by atoms with Gasteiger partial charge in [0.2, 0.25) is 0 Å². The zero-order valence-electron chi connectivity index (χ0n) is 14.1. The summed E-state index contributed by atoms with van der Waals surface area (Å²) in [5, 5.41) is 1.13. The van der Waals surface area contributed by atoms with E-state index in [9.17, 15) is 0 Å². The molecular weight excluding hydrogens is 326 g/mol. The van der Waals surface area contributed by atoms with Crippen LogP contribution in [0.5, 0.6) is 11.5 Å². The summed E-state index contributed by atoms with van der Waals surface area (Å²) in [6.45, 7) is 1.21. The van der Waals surface area contributed by atoms with Gasteiger partial charge in [0.15, 0.2) is 11.5 Å². The number of pyridine rings is 2. The maximum atomic E-state index is 5.70. The number of fused-ring (bicyclic) bond motifs is 2. The fourth-order valence-electron chi connectivity index (χ4n) is 3.31. The normalized spacial score (nSPS) is 13.1. The maximum Gasteiger partial charge on any atom is 0.161 e. The Hall–Kier alpha value is -3.34. The molecule has 0 fully saturated rings. The molecule has 26 heavy (non-hydrogen) atoms. The van der Waals surface area contributed by atoms with Gasteiger partial charge in [-0.25, -0.2) is 4.98 Å². The quantitative estimate of drug-likeness (QED) is 0.611. The molecule has 3 aromatic heterocycles. The average molecular weight is 343 g/mol. The van der Waals surface area contributed by atoms with E-state index in [0.29, 0.717) is 13.2 Å². The van der Waals surface area contributed by atoms with E-state index in [1.165, 1.54) is 11.1 Å². The highest BCUT2D eigenvalue weighted by Crippen LogP contribution is 2.32. The summed E-state index contributed by atoms with van der Waals surface area (Å²) in [6, 6.07) is 12.3. The van der Waals surface area contributed by atoms with Gasteiger partial charge in [-0.1, -0.05) is 12.1 Å². The van der Waals surface area contributed by atoms with Crippen LogP contribution in [0, 0.1) is 0 Å². The van der Waals surface area contributed by atoms with E-state index in [1.54, 1.807) is 6.20 Å². The molecule has 1 aliphatic heterocycles. The molecule has 0 saturated carbocycles. The van der Waals surface area contributed by atoms with E-state index in [0.717, 1.165) is 40.1 Å². The molecule has 1 N–H and O–H groups in total. The van der Waals surface area contributed by atoms with Crippen molar-refractivity contribution in [3.05, 3.63) is 72.3 Å². The first kappa shape index (κ1) is 15.0. The maximum absolute atomic E-state index is 5.70. The number of ether oxygens (including phenoxy) is 2. The Bertz CT molecular complexity index is 1070. The first-order valence-electron chi connectivity index (χ1n) is 8.62. The third-order valence-corrected chi connectivity index (χ3v) is 4.61. The van der Waals surface area contributed by atoms with Crippen LogP contribution in [-0.2, 0) is 6.42 Å². The van der Waals surface area contributed by atoms with E-state index < -0.39 is 0 Å². The second-order valence-electron chi connectivity index (χ2n) is 6.33. The van der Waals surface area contributed by atoms with Gasteiger partial charge in [0.1, 0.15) is 18.9 Å². The van der Waals surface area contributed by atoms with Gasteiger partial charge in [0.25, 0.3) is 0 Å². The fraction of sp³-hybridized carbons (Fsp3) is 0.143. The smallest absolute Gasteiger partial charge is 0.161 e. The molecule has 5 heteroatoms. The van der Waals surface area contributed by atoms with Crippen LogP contribution in [0.25, 0.3) is 22.2 Å². The van der Waals surface area contributed by atoms with E-state index in [2.05, 4.69) is 33.2 Å². The largest absolute Gasteiger partial charge is 0.486 e. The third-order valence-electron chi connectivity index (χ3n) is 4.61. The first-order valence-corrected chi connectivity index (χ1v) is 8.62. The lowest BCUT2D eigenvalue weighted by Crippen LogP contribution is -2.15. The van der Waals surface area contributed by atoms with E-state index in [-0.39, 0.29) is 0 Å². The second kappa shape index (κ2) is 6.19. The molecule has 0 radical (unpaired) electrons. The standard InChI is InChI=1S/C21H17N3O2/c1-2-15(11-22-5-1)16-10-18-17(13-24-21(18)23-12-16)8-14-3-4-19-20(9-14)26-7-6-25-19/h1-5,9-13H,6-8H2,(H,23,24). The van der Waals surface area contributed by atoms with E-state index in [4.69, 9.17) is 9.47 Å². The molecule has 5 nitrogen and oxygen atoms in total. The molecule has 0 saturated heterocycles. The van der Waals surface area contributed by atoms with Crippen molar-refractivity contribution >= 4 is 11.0 Å². The van der Waals surface area contributed by atoms with Gasteiger partial charge in [0.05, 0.1) is 0 Å². The fourth-order valence-corrected chi connectivity index (χ4v) is 3.31. The van der Waals surface area contributed by atoms with Gasteiger partial charge < -0.3 is 14.5 Å². The number of nitrogens with zero attached hydrogens (tertiary/aromatic N) is 2. The van der Waals surface area contributed by atoms with Crippen molar-refractivity contribution in [2.45, 2.75) is 6.42 Å². The molecule has 0 unspecified atom stereocenters. The van der Waals surface area contributed by atoms with Crippen molar-refractivity contribution in [1.29, 1.82) is 0 Å². The lowest BCUT2D eigenvalue weighted by atomic mass is 10.0. The van der Waals surface area contributed by atoms with Gasteiger partial charge in [-0.15, -0.1) is 0 Å². The summed E-state index contributed by atoms with van der Waals surface area (Å²) < 4.78 is 11.3. The summed E-state index contributed by atoms with van der Waals surface area (Å²) in [6.07, 6.45) is 8.34. The lowest BCUT2D eigenvalue weighted by molar-refractivity contribution is 0.171. The molecular formula is C21H17N3O2. The van der Waals surface area contributed by atoms with E-state index in [1.807, 2.05) is 36.8 Å². The number of benzene rings is 1. The Kier molecular flexibility index (Phi) is 3.56. The van der Waals surface area contributed by atoms with Crippen molar-refractivity contribution in [3.8, 4) is 22.6 Å². The Morgan fingerprint density at radius 1 is 0.962 bits per heavy atom. The number of nitrogens with one attached hydrogen (secondary N) is 1. The molecule has 0 aliphatic carbocycles. The van der Waals surface area contributed by atoms with Crippen molar-refractivity contribution in [3.63, 3.8) is 0 Å². The van der Waals surface area contributed by atoms with Crippen molar-refractivity contribution in [1.82, 2.24) is 15.0 Å². The average Bonchev–Trinajstić information content (AvgIpc) is 3.10. The topological polar surface area (TPSA) is 60.0 Å². The first-order chi connectivity index (χ1) is 12.9. The molecule has 128 valence electrons. The second-order valence-corrected chi connectivity index (χ2v) is 6.33. The minimum absolute atomic E-state index is 0.599. The molecule has 1 aliphatic rings. The summed E-state index contributed by atoms with van der Waals surface area (Å²) in [4.78, 5) is 12.0. The number of hydrogen-bond acceptors (Lipinski definition) is 4. The van der Waals surface area contributed by atoms with Gasteiger partial charge in [0, 0.05) is 41.3 Å². The summed E-state index contributed by atoms with van der Waals surface area (Å²) in [7, 11) is 0. The predicted octanol–water partition coefficient (Wildman–Crippen LogP) is 3.99. The summed E-state index contributed by atoms with van der Waals surface area (Å²) in [5.41, 5.74) is 5.41. The lowest BCUT2D eigenvalue weighted by Gasteiger charge is -2.18. The number of H-pyrrole nitrogens is 1. The number of aromatic nitrogens is 3. The molecule has 0 bridgehead atoms. The molecule has 5 rings (SSSR count). The van der Waals surface area contributed by atoms with Crippen LogP contribution in [-0.4, -0.2) is 28.2 Å². The summed E-state index contributed by atoms with van der Waals surface area (Å²) >= 11 is 0. The van der Waals surface area contributed by atoms with Crippen LogP contribution < -0.4 is 9.47 Å². The molecule has 0 spiro atoms. The Balaban J connectivity index is 1.51. The van der Waals surface area contributed by atoms with Gasteiger partial charge >= 0.3 is 0 Å². The zero-order chi connectivity index (χ0) is 17.3. The Morgan fingerprint density at radius 3 is 2.77 bits per heavy atom. The number of rotatable bonds is 3. The minimum atomic E-state index is 0.599. The van der Waals surface area contributed by atoms with Crippen LogP contribution in [0.3, 0.4) is 0 Å². The van der Waals surface area contributed by atoms with E-state index >= 15 is 0 Å². The van der Waals surface area contributed by atoms with Crippen LogP contribution in [0.2, 0.25) is 0 Å². The van der Waals surface area contributed by atoms with Crippen LogP contribution in [0.4, 0.5) is 0 Å². The van der Waals surface area contributed by atoms with Crippen LogP contribution >= 0.6 is 0 Å². The molecule has 4 heterocycles. The van der Waals surface area contributed by atoms with Crippen LogP contribution in [0.1, 0.15) is 11.1 Å². The van der Waals surface area contributed by atoms with Gasteiger partial charge in [-0.2, -0.15) is 0 Å². The van der Waals surface area contributed by atoms with Gasteiger partial charge in [-0.3, -0.25) is 4.98 Å². The molecule has 1 aromatic carbocycles. The predicted molar refractivity (Wildman–Crippen MR) is 99.6 cm³/mol. The van der Waals surface area contributed by atoms with Crippen molar-refractivity contribution < 1.29 is 9.47 Å². The zero-order valence-corrected chi connectivity index (χ0v) is 14.1. The third kappa shape index (κ3) is 2.67.